The standard InChI is InChI=1S/C14H15N3O/c1-9-2-7-12(8-13(9)16)17-14(18)10-3-5-11(15)6-4-10/h2-8H,15-16H2,1H3,(H,17,18). The Labute approximate surface area is 106 Å². The molecule has 0 unspecified atom stereocenters. The van der Waals surface area contributed by atoms with E-state index >= 15 is 0 Å². The number of nitrogen functional groups attached to an aromatic ring is 2. The van der Waals surface area contributed by atoms with Crippen molar-refractivity contribution in [1.29, 1.82) is 0 Å². The number of carbonyl (C=O) groups is 1. The van der Waals surface area contributed by atoms with Gasteiger partial charge in [0.15, 0.2) is 0 Å². The van der Waals surface area contributed by atoms with E-state index in [9.17, 15) is 4.79 Å². The number of nitrogens with one attached hydrogen (secondary N) is 1. The van der Waals surface area contributed by atoms with Gasteiger partial charge in [0.05, 0.1) is 0 Å². The van der Waals surface area contributed by atoms with Gasteiger partial charge in [-0.05, 0) is 48.9 Å². The highest BCUT2D eigenvalue weighted by atomic mass is 16.1. The highest BCUT2D eigenvalue weighted by Crippen LogP contribution is 2.17. The Bertz CT molecular complexity index is 576. The number of amides is 1. The molecule has 0 spiro atoms. The molecule has 92 valence electrons. The highest BCUT2D eigenvalue weighted by Gasteiger charge is 2.06. The maximum atomic E-state index is 11.9. The molecule has 0 heterocycles. The summed E-state index contributed by atoms with van der Waals surface area (Å²) in [4.78, 5) is 11.9. The van der Waals surface area contributed by atoms with Crippen LogP contribution in [0.15, 0.2) is 42.5 Å². The summed E-state index contributed by atoms with van der Waals surface area (Å²) in [5.74, 6) is -0.182. The van der Waals surface area contributed by atoms with Gasteiger partial charge in [-0.3, -0.25) is 4.79 Å². The minimum atomic E-state index is -0.182. The Kier molecular flexibility index (Phi) is 3.19. The molecule has 4 heteroatoms. The Morgan fingerprint density at radius 1 is 1.06 bits per heavy atom. The molecule has 0 saturated carbocycles. The van der Waals surface area contributed by atoms with E-state index in [-0.39, 0.29) is 5.91 Å². The van der Waals surface area contributed by atoms with E-state index in [4.69, 9.17) is 11.5 Å². The van der Waals surface area contributed by atoms with Crippen LogP contribution in [0.1, 0.15) is 15.9 Å². The van der Waals surface area contributed by atoms with Gasteiger partial charge in [-0.15, -0.1) is 0 Å². The highest BCUT2D eigenvalue weighted by molar-refractivity contribution is 6.04. The molecule has 2 rings (SSSR count). The Morgan fingerprint density at radius 2 is 1.72 bits per heavy atom. The lowest BCUT2D eigenvalue weighted by molar-refractivity contribution is 0.102. The van der Waals surface area contributed by atoms with Crippen molar-refractivity contribution in [2.75, 3.05) is 16.8 Å². The minimum absolute atomic E-state index is 0.182. The van der Waals surface area contributed by atoms with Gasteiger partial charge in [0.1, 0.15) is 0 Å². The van der Waals surface area contributed by atoms with Gasteiger partial charge >= 0.3 is 0 Å². The summed E-state index contributed by atoms with van der Waals surface area (Å²) in [6.45, 7) is 1.92. The largest absolute Gasteiger partial charge is 0.399 e. The van der Waals surface area contributed by atoms with E-state index in [1.807, 2.05) is 19.1 Å². The zero-order valence-electron chi connectivity index (χ0n) is 10.1. The van der Waals surface area contributed by atoms with Crippen molar-refractivity contribution in [3.8, 4) is 0 Å². The average Bonchev–Trinajstić information content (AvgIpc) is 2.34. The lowest BCUT2D eigenvalue weighted by atomic mass is 10.1. The molecule has 0 aromatic heterocycles. The summed E-state index contributed by atoms with van der Waals surface area (Å²) >= 11 is 0. The van der Waals surface area contributed by atoms with Crippen molar-refractivity contribution in [1.82, 2.24) is 0 Å². The third-order valence-electron chi connectivity index (χ3n) is 2.71. The van der Waals surface area contributed by atoms with Gasteiger partial charge in [0.25, 0.3) is 5.91 Å². The number of anilines is 3. The van der Waals surface area contributed by atoms with Crippen LogP contribution in [-0.4, -0.2) is 5.91 Å². The van der Waals surface area contributed by atoms with Crippen LogP contribution in [-0.2, 0) is 0 Å². The first kappa shape index (κ1) is 12.0. The van der Waals surface area contributed by atoms with Gasteiger partial charge in [-0.2, -0.15) is 0 Å². The van der Waals surface area contributed by atoms with Crippen molar-refractivity contribution in [3.05, 3.63) is 53.6 Å². The first-order chi connectivity index (χ1) is 8.56. The fourth-order valence-corrected chi connectivity index (χ4v) is 1.56. The molecule has 0 aliphatic carbocycles. The molecule has 5 N–H and O–H groups in total. The van der Waals surface area contributed by atoms with Crippen LogP contribution in [0.2, 0.25) is 0 Å². The lowest BCUT2D eigenvalue weighted by Gasteiger charge is -2.07. The fourth-order valence-electron chi connectivity index (χ4n) is 1.56. The van der Waals surface area contributed by atoms with Crippen molar-refractivity contribution in [2.45, 2.75) is 6.92 Å². The molecule has 0 fully saturated rings. The summed E-state index contributed by atoms with van der Waals surface area (Å²) in [5.41, 5.74) is 14.9. The molecule has 0 bridgehead atoms. The number of carbonyl (C=O) groups excluding carboxylic acids is 1. The smallest absolute Gasteiger partial charge is 0.255 e. The number of hydrogen-bond donors (Lipinski definition) is 3. The van der Waals surface area contributed by atoms with Crippen LogP contribution in [0.4, 0.5) is 17.1 Å². The summed E-state index contributed by atoms with van der Waals surface area (Å²) in [5, 5.41) is 2.79. The predicted molar refractivity (Wildman–Crippen MR) is 74.4 cm³/mol. The second kappa shape index (κ2) is 4.79. The SMILES string of the molecule is Cc1ccc(NC(=O)c2ccc(N)cc2)cc1N. The molecule has 0 aliphatic heterocycles. The Balaban J connectivity index is 2.16. The molecule has 0 saturated heterocycles. The van der Waals surface area contributed by atoms with E-state index in [0.29, 0.717) is 22.6 Å². The number of hydrogen-bond acceptors (Lipinski definition) is 3. The molecule has 1 amide bonds. The van der Waals surface area contributed by atoms with Crippen molar-refractivity contribution in [3.63, 3.8) is 0 Å². The van der Waals surface area contributed by atoms with Gasteiger partial charge in [-0.25, -0.2) is 0 Å². The Hall–Kier alpha value is -2.49. The molecular formula is C14H15N3O. The zero-order valence-corrected chi connectivity index (χ0v) is 10.1. The lowest BCUT2D eigenvalue weighted by Crippen LogP contribution is -2.12. The molecule has 2 aromatic rings. The molecule has 2 aromatic carbocycles. The first-order valence-corrected chi connectivity index (χ1v) is 5.59. The van der Waals surface area contributed by atoms with E-state index in [1.165, 1.54) is 0 Å². The molecule has 18 heavy (non-hydrogen) atoms. The second-order valence-electron chi connectivity index (χ2n) is 4.15. The predicted octanol–water partition coefficient (Wildman–Crippen LogP) is 2.41. The second-order valence-corrected chi connectivity index (χ2v) is 4.15. The van der Waals surface area contributed by atoms with Crippen molar-refractivity contribution < 1.29 is 4.79 Å². The summed E-state index contributed by atoms with van der Waals surface area (Å²) in [6, 6.07) is 12.2. The van der Waals surface area contributed by atoms with Crippen LogP contribution in [0.3, 0.4) is 0 Å². The minimum Gasteiger partial charge on any atom is -0.399 e. The van der Waals surface area contributed by atoms with Crippen LogP contribution in [0.25, 0.3) is 0 Å². The van der Waals surface area contributed by atoms with Crippen molar-refractivity contribution >= 4 is 23.0 Å². The number of nitrogens with two attached hydrogens (primary N) is 2. The zero-order chi connectivity index (χ0) is 13.1. The summed E-state index contributed by atoms with van der Waals surface area (Å²) in [7, 11) is 0. The van der Waals surface area contributed by atoms with Crippen LogP contribution < -0.4 is 16.8 Å². The number of rotatable bonds is 2. The topological polar surface area (TPSA) is 81.1 Å². The molecule has 4 nitrogen and oxygen atoms in total. The van der Waals surface area contributed by atoms with Crippen LogP contribution in [0, 0.1) is 6.92 Å². The average molecular weight is 241 g/mol. The summed E-state index contributed by atoms with van der Waals surface area (Å²) < 4.78 is 0. The van der Waals surface area contributed by atoms with Gasteiger partial charge in [-0.1, -0.05) is 6.07 Å². The normalized spacial score (nSPS) is 10.1. The molecular weight excluding hydrogens is 226 g/mol. The third kappa shape index (κ3) is 2.60. The van der Waals surface area contributed by atoms with E-state index in [1.54, 1.807) is 30.3 Å². The van der Waals surface area contributed by atoms with Gasteiger partial charge in [0.2, 0.25) is 0 Å². The third-order valence-corrected chi connectivity index (χ3v) is 2.71. The van der Waals surface area contributed by atoms with Crippen LogP contribution in [0.5, 0.6) is 0 Å². The van der Waals surface area contributed by atoms with Crippen LogP contribution >= 0.6 is 0 Å². The summed E-state index contributed by atoms with van der Waals surface area (Å²) in [6.07, 6.45) is 0. The maximum Gasteiger partial charge on any atom is 0.255 e. The monoisotopic (exact) mass is 241 g/mol. The van der Waals surface area contributed by atoms with E-state index in [0.717, 1.165) is 5.56 Å². The number of aryl methyl sites for hydroxylation is 1. The molecule has 0 aliphatic rings. The fraction of sp³-hybridized carbons (Fsp3) is 0.0714. The number of benzene rings is 2. The molecule has 0 radical (unpaired) electrons. The quantitative estimate of drug-likeness (QED) is 0.706. The molecule has 0 atom stereocenters. The van der Waals surface area contributed by atoms with Gasteiger partial charge in [0, 0.05) is 22.6 Å². The van der Waals surface area contributed by atoms with E-state index < -0.39 is 0 Å². The van der Waals surface area contributed by atoms with Crippen molar-refractivity contribution in [2.24, 2.45) is 0 Å². The maximum absolute atomic E-state index is 11.9. The Morgan fingerprint density at radius 3 is 2.33 bits per heavy atom. The van der Waals surface area contributed by atoms with Gasteiger partial charge < -0.3 is 16.8 Å². The first-order valence-electron chi connectivity index (χ1n) is 5.59. The van der Waals surface area contributed by atoms with E-state index in [2.05, 4.69) is 5.32 Å².